The lowest BCUT2D eigenvalue weighted by Gasteiger charge is -2.21. The molecule has 0 bridgehead atoms. The maximum absolute atomic E-state index is 11.3. The van der Waals surface area contributed by atoms with Gasteiger partial charge in [0.05, 0.1) is 6.26 Å². The molecule has 7 heteroatoms. The SMILES string of the molecule is CN=C(NCC1CCCC1NS(C)(=O)=O)NC1CC1. The van der Waals surface area contributed by atoms with Crippen molar-refractivity contribution in [3.8, 4) is 0 Å². The van der Waals surface area contributed by atoms with Gasteiger partial charge in [0, 0.05) is 25.7 Å². The Hall–Kier alpha value is -0.820. The van der Waals surface area contributed by atoms with E-state index >= 15 is 0 Å². The molecule has 6 nitrogen and oxygen atoms in total. The topological polar surface area (TPSA) is 82.6 Å². The van der Waals surface area contributed by atoms with Crippen molar-refractivity contribution in [2.45, 2.75) is 44.2 Å². The Balaban J connectivity index is 1.80. The lowest BCUT2D eigenvalue weighted by atomic mass is 10.1. The van der Waals surface area contributed by atoms with Crippen LogP contribution in [0.15, 0.2) is 4.99 Å². The van der Waals surface area contributed by atoms with Crippen molar-refractivity contribution in [1.29, 1.82) is 0 Å². The molecule has 2 rings (SSSR count). The van der Waals surface area contributed by atoms with Gasteiger partial charge in [-0.2, -0.15) is 0 Å². The van der Waals surface area contributed by atoms with Gasteiger partial charge in [0.1, 0.15) is 0 Å². The minimum atomic E-state index is -3.12. The number of aliphatic imine (C=N–C) groups is 1. The molecule has 0 radical (unpaired) electrons. The van der Waals surface area contributed by atoms with E-state index in [-0.39, 0.29) is 6.04 Å². The van der Waals surface area contributed by atoms with Crippen molar-refractivity contribution < 1.29 is 8.42 Å². The van der Waals surface area contributed by atoms with Gasteiger partial charge in [-0.25, -0.2) is 13.1 Å². The van der Waals surface area contributed by atoms with Crippen LogP contribution in [-0.2, 0) is 10.0 Å². The summed E-state index contributed by atoms with van der Waals surface area (Å²) in [6, 6.07) is 0.626. The monoisotopic (exact) mass is 288 g/mol. The van der Waals surface area contributed by atoms with Gasteiger partial charge in [0.25, 0.3) is 0 Å². The van der Waals surface area contributed by atoms with Gasteiger partial charge < -0.3 is 10.6 Å². The summed E-state index contributed by atoms with van der Waals surface area (Å²) < 4.78 is 25.4. The highest BCUT2D eigenvalue weighted by Gasteiger charge is 2.30. The van der Waals surface area contributed by atoms with Crippen molar-refractivity contribution in [1.82, 2.24) is 15.4 Å². The quantitative estimate of drug-likeness (QED) is 0.492. The zero-order valence-corrected chi connectivity index (χ0v) is 12.5. The van der Waals surface area contributed by atoms with Crippen LogP contribution in [0.4, 0.5) is 0 Å². The number of nitrogens with one attached hydrogen (secondary N) is 3. The van der Waals surface area contributed by atoms with E-state index in [0.29, 0.717) is 12.0 Å². The molecule has 0 spiro atoms. The van der Waals surface area contributed by atoms with E-state index in [2.05, 4.69) is 20.3 Å². The molecular formula is C12H24N4O2S. The molecule has 19 heavy (non-hydrogen) atoms. The average molecular weight is 288 g/mol. The van der Waals surface area contributed by atoms with E-state index < -0.39 is 10.0 Å². The van der Waals surface area contributed by atoms with Crippen LogP contribution in [0.3, 0.4) is 0 Å². The normalized spacial score (nSPS) is 28.4. The van der Waals surface area contributed by atoms with Gasteiger partial charge in [-0.15, -0.1) is 0 Å². The summed E-state index contributed by atoms with van der Waals surface area (Å²) in [5.41, 5.74) is 0. The molecule has 0 aromatic heterocycles. The molecule has 2 fully saturated rings. The van der Waals surface area contributed by atoms with Gasteiger partial charge in [-0.05, 0) is 31.6 Å². The summed E-state index contributed by atoms with van der Waals surface area (Å²) >= 11 is 0. The lowest BCUT2D eigenvalue weighted by molar-refractivity contribution is 0.439. The molecule has 2 aliphatic rings. The second-order valence-electron chi connectivity index (χ2n) is 5.56. The molecular weight excluding hydrogens is 264 g/mol. The highest BCUT2D eigenvalue weighted by atomic mass is 32.2. The van der Waals surface area contributed by atoms with Crippen LogP contribution in [0.1, 0.15) is 32.1 Å². The van der Waals surface area contributed by atoms with Gasteiger partial charge >= 0.3 is 0 Å². The molecule has 2 unspecified atom stereocenters. The van der Waals surface area contributed by atoms with Crippen LogP contribution in [0, 0.1) is 5.92 Å². The molecule has 0 aromatic carbocycles. The predicted octanol–water partition coefficient (Wildman–Crippen LogP) is 0.0317. The first kappa shape index (κ1) is 14.6. The standard InChI is InChI=1S/C12H24N4O2S/c1-13-12(15-10-6-7-10)14-8-9-4-3-5-11(9)16-19(2,17)18/h9-11,16H,3-8H2,1-2H3,(H2,13,14,15). The van der Waals surface area contributed by atoms with Crippen molar-refractivity contribution in [2.24, 2.45) is 10.9 Å². The molecule has 0 aliphatic heterocycles. The van der Waals surface area contributed by atoms with Crippen LogP contribution in [0.25, 0.3) is 0 Å². The highest BCUT2D eigenvalue weighted by Crippen LogP contribution is 2.25. The zero-order chi connectivity index (χ0) is 13.9. The molecule has 3 N–H and O–H groups in total. The molecule has 0 heterocycles. The Morgan fingerprint density at radius 3 is 2.58 bits per heavy atom. The second-order valence-corrected chi connectivity index (χ2v) is 7.34. The van der Waals surface area contributed by atoms with E-state index in [1.807, 2.05) is 0 Å². The van der Waals surface area contributed by atoms with Gasteiger partial charge in [0.15, 0.2) is 5.96 Å². The summed E-state index contributed by atoms with van der Waals surface area (Å²) in [6.07, 6.45) is 6.71. The fourth-order valence-electron chi connectivity index (χ4n) is 2.55. The minimum absolute atomic E-state index is 0.0570. The molecule has 2 aliphatic carbocycles. The van der Waals surface area contributed by atoms with Crippen LogP contribution in [0.2, 0.25) is 0 Å². The van der Waals surface area contributed by atoms with Crippen molar-refractivity contribution in [3.05, 3.63) is 0 Å². The molecule has 2 saturated carbocycles. The number of sulfonamides is 1. The number of hydrogen-bond acceptors (Lipinski definition) is 3. The van der Waals surface area contributed by atoms with Crippen LogP contribution < -0.4 is 15.4 Å². The minimum Gasteiger partial charge on any atom is -0.356 e. The molecule has 0 saturated heterocycles. The summed E-state index contributed by atoms with van der Waals surface area (Å²) in [5.74, 6) is 1.17. The summed E-state index contributed by atoms with van der Waals surface area (Å²) in [7, 11) is -1.35. The third-order valence-corrected chi connectivity index (χ3v) is 4.43. The Morgan fingerprint density at radius 1 is 1.26 bits per heavy atom. The first-order valence-corrected chi connectivity index (χ1v) is 8.81. The van der Waals surface area contributed by atoms with E-state index in [1.54, 1.807) is 7.05 Å². The van der Waals surface area contributed by atoms with Crippen molar-refractivity contribution >= 4 is 16.0 Å². The van der Waals surface area contributed by atoms with E-state index in [4.69, 9.17) is 0 Å². The zero-order valence-electron chi connectivity index (χ0n) is 11.6. The summed E-state index contributed by atoms with van der Waals surface area (Å²) in [6.45, 7) is 0.763. The molecule has 110 valence electrons. The smallest absolute Gasteiger partial charge is 0.208 e. The average Bonchev–Trinajstić information content (AvgIpc) is 3.04. The molecule has 0 amide bonds. The van der Waals surface area contributed by atoms with Gasteiger partial charge in [-0.1, -0.05) is 6.42 Å². The first-order chi connectivity index (χ1) is 8.98. The first-order valence-electron chi connectivity index (χ1n) is 6.92. The predicted molar refractivity (Wildman–Crippen MR) is 76.6 cm³/mol. The number of hydrogen-bond donors (Lipinski definition) is 3. The Morgan fingerprint density at radius 2 is 2.00 bits per heavy atom. The maximum atomic E-state index is 11.3. The maximum Gasteiger partial charge on any atom is 0.208 e. The molecule has 2 atom stereocenters. The third-order valence-electron chi connectivity index (χ3n) is 3.70. The van der Waals surface area contributed by atoms with Crippen molar-refractivity contribution in [3.63, 3.8) is 0 Å². The van der Waals surface area contributed by atoms with Gasteiger partial charge in [0.2, 0.25) is 10.0 Å². The fraction of sp³-hybridized carbons (Fsp3) is 0.917. The van der Waals surface area contributed by atoms with Gasteiger partial charge in [-0.3, -0.25) is 4.99 Å². The largest absolute Gasteiger partial charge is 0.356 e. The lowest BCUT2D eigenvalue weighted by Crippen LogP contribution is -2.45. The van der Waals surface area contributed by atoms with Crippen molar-refractivity contribution in [2.75, 3.05) is 19.8 Å². The van der Waals surface area contributed by atoms with E-state index in [0.717, 1.165) is 31.8 Å². The number of rotatable bonds is 5. The highest BCUT2D eigenvalue weighted by molar-refractivity contribution is 7.88. The Bertz CT molecular complexity index is 431. The van der Waals surface area contributed by atoms with E-state index in [9.17, 15) is 8.42 Å². The summed E-state index contributed by atoms with van der Waals surface area (Å²) in [5, 5.41) is 6.63. The number of nitrogens with zero attached hydrogens (tertiary/aromatic N) is 1. The Labute approximate surface area is 115 Å². The fourth-order valence-corrected chi connectivity index (χ4v) is 3.41. The third kappa shape index (κ3) is 4.99. The Kier molecular flexibility index (Phi) is 4.67. The number of guanidine groups is 1. The van der Waals surface area contributed by atoms with Crippen LogP contribution in [-0.4, -0.2) is 46.3 Å². The van der Waals surface area contributed by atoms with Crippen LogP contribution in [0.5, 0.6) is 0 Å². The van der Waals surface area contributed by atoms with E-state index in [1.165, 1.54) is 19.1 Å². The summed E-state index contributed by atoms with van der Waals surface area (Å²) in [4.78, 5) is 4.18. The van der Waals surface area contributed by atoms with Crippen LogP contribution >= 0.6 is 0 Å². The molecule has 0 aromatic rings. The second kappa shape index (κ2) is 6.09.